The summed E-state index contributed by atoms with van der Waals surface area (Å²) in [5.41, 5.74) is 7.39. The summed E-state index contributed by atoms with van der Waals surface area (Å²) < 4.78 is 0. The number of phenolic OH excluding ortho intramolecular Hbond substituents is 1. The molecule has 4 nitrogen and oxygen atoms in total. The van der Waals surface area contributed by atoms with Gasteiger partial charge in [0.05, 0.1) is 0 Å². The van der Waals surface area contributed by atoms with Gasteiger partial charge in [0.25, 0.3) is 0 Å². The Morgan fingerprint density at radius 3 is 2.61 bits per heavy atom. The normalized spacial score (nSPS) is 10.3. The Balaban J connectivity index is 1.90. The van der Waals surface area contributed by atoms with Crippen LogP contribution in [0.1, 0.15) is 5.56 Å². The fourth-order valence-electron chi connectivity index (χ4n) is 1.60. The Morgan fingerprint density at radius 1 is 1.22 bits per heavy atom. The van der Waals surface area contributed by atoms with Crippen molar-refractivity contribution in [1.82, 2.24) is 4.98 Å². The molecule has 1 aromatic carbocycles. The van der Waals surface area contributed by atoms with Crippen molar-refractivity contribution < 1.29 is 5.11 Å². The number of pyridine rings is 1. The topological polar surface area (TPSA) is 71.2 Å². The van der Waals surface area contributed by atoms with E-state index in [9.17, 15) is 0 Å². The number of nitrogen functional groups attached to an aromatic ring is 1. The van der Waals surface area contributed by atoms with Gasteiger partial charge in [-0.05, 0) is 30.2 Å². The number of anilines is 2. The minimum atomic E-state index is 0.274. The highest BCUT2D eigenvalue weighted by molar-refractivity contribution is 6.29. The Kier molecular flexibility index (Phi) is 3.89. The summed E-state index contributed by atoms with van der Waals surface area (Å²) in [6.45, 7) is 0.720. The van der Waals surface area contributed by atoms with E-state index in [0.717, 1.165) is 18.5 Å². The summed E-state index contributed by atoms with van der Waals surface area (Å²) in [5.74, 6) is 0.940. The van der Waals surface area contributed by atoms with Crippen molar-refractivity contribution in [2.75, 3.05) is 17.6 Å². The quantitative estimate of drug-likeness (QED) is 0.742. The van der Waals surface area contributed by atoms with Crippen molar-refractivity contribution in [1.29, 1.82) is 0 Å². The van der Waals surface area contributed by atoms with Crippen molar-refractivity contribution in [3.05, 3.63) is 47.1 Å². The zero-order valence-corrected chi connectivity index (χ0v) is 10.5. The van der Waals surface area contributed by atoms with Crippen LogP contribution in [0.3, 0.4) is 0 Å². The summed E-state index contributed by atoms with van der Waals surface area (Å²) in [6.07, 6.45) is 0.828. The third kappa shape index (κ3) is 3.53. The number of halogens is 1. The number of rotatable bonds is 4. The minimum absolute atomic E-state index is 0.274. The van der Waals surface area contributed by atoms with Gasteiger partial charge >= 0.3 is 0 Å². The lowest BCUT2D eigenvalue weighted by Gasteiger charge is -2.07. The lowest BCUT2D eigenvalue weighted by molar-refractivity contribution is 0.475. The van der Waals surface area contributed by atoms with Crippen LogP contribution < -0.4 is 11.1 Å². The SMILES string of the molecule is Nc1cc(Cl)nc(NCCc2ccc(O)cc2)c1. The van der Waals surface area contributed by atoms with E-state index >= 15 is 0 Å². The molecule has 0 amide bonds. The Morgan fingerprint density at radius 2 is 1.94 bits per heavy atom. The molecule has 0 radical (unpaired) electrons. The van der Waals surface area contributed by atoms with Gasteiger partial charge in [-0.1, -0.05) is 23.7 Å². The van der Waals surface area contributed by atoms with Crippen LogP contribution in [-0.4, -0.2) is 16.6 Å². The summed E-state index contributed by atoms with van der Waals surface area (Å²) >= 11 is 5.80. The maximum Gasteiger partial charge on any atom is 0.133 e. The Bertz CT molecular complexity index is 508. The number of aromatic nitrogens is 1. The van der Waals surface area contributed by atoms with Gasteiger partial charge in [0.2, 0.25) is 0 Å². The number of phenols is 1. The van der Waals surface area contributed by atoms with Crippen molar-refractivity contribution in [3.63, 3.8) is 0 Å². The highest BCUT2D eigenvalue weighted by Crippen LogP contribution is 2.16. The van der Waals surface area contributed by atoms with Gasteiger partial charge < -0.3 is 16.2 Å². The predicted molar refractivity (Wildman–Crippen MR) is 74.0 cm³/mol. The molecule has 0 aliphatic carbocycles. The second-order valence-electron chi connectivity index (χ2n) is 3.95. The molecule has 0 bridgehead atoms. The van der Waals surface area contributed by atoms with Gasteiger partial charge in [-0.15, -0.1) is 0 Å². The van der Waals surface area contributed by atoms with Gasteiger partial charge in [-0.3, -0.25) is 0 Å². The first-order valence-corrected chi connectivity index (χ1v) is 5.96. The van der Waals surface area contributed by atoms with E-state index in [1.54, 1.807) is 24.3 Å². The van der Waals surface area contributed by atoms with Crippen LogP contribution in [0.2, 0.25) is 5.15 Å². The van der Waals surface area contributed by atoms with E-state index in [1.165, 1.54) is 0 Å². The molecule has 1 aromatic heterocycles. The molecule has 0 unspecified atom stereocenters. The molecule has 94 valence electrons. The summed E-state index contributed by atoms with van der Waals surface area (Å²) in [6, 6.07) is 10.5. The van der Waals surface area contributed by atoms with Gasteiger partial charge in [-0.2, -0.15) is 0 Å². The summed E-state index contributed by atoms with van der Waals surface area (Å²) in [5, 5.41) is 12.7. The van der Waals surface area contributed by atoms with Crippen molar-refractivity contribution in [2.45, 2.75) is 6.42 Å². The standard InChI is InChI=1S/C13H14ClN3O/c14-12-7-10(15)8-13(17-12)16-6-5-9-1-3-11(18)4-2-9/h1-4,7-8,18H,5-6H2,(H3,15,16,17). The molecule has 4 N–H and O–H groups in total. The van der Waals surface area contributed by atoms with E-state index < -0.39 is 0 Å². The Hall–Kier alpha value is -1.94. The molecule has 0 aliphatic heterocycles. The smallest absolute Gasteiger partial charge is 0.133 e. The van der Waals surface area contributed by atoms with E-state index in [-0.39, 0.29) is 5.75 Å². The van der Waals surface area contributed by atoms with Crippen molar-refractivity contribution in [3.8, 4) is 5.75 Å². The fraction of sp³-hybridized carbons (Fsp3) is 0.154. The van der Waals surface area contributed by atoms with Crippen molar-refractivity contribution in [2.24, 2.45) is 0 Å². The first kappa shape index (κ1) is 12.5. The van der Waals surface area contributed by atoms with Crippen LogP contribution in [0, 0.1) is 0 Å². The van der Waals surface area contributed by atoms with Gasteiger partial charge in [0, 0.05) is 18.3 Å². The number of benzene rings is 1. The van der Waals surface area contributed by atoms with E-state index in [2.05, 4.69) is 10.3 Å². The van der Waals surface area contributed by atoms with Gasteiger partial charge in [0.1, 0.15) is 16.7 Å². The highest BCUT2D eigenvalue weighted by Gasteiger charge is 1.99. The molecule has 0 fully saturated rings. The Labute approximate surface area is 110 Å². The molecule has 2 aromatic rings. The minimum Gasteiger partial charge on any atom is -0.508 e. The maximum atomic E-state index is 9.17. The van der Waals surface area contributed by atoms with Crippen LogP contribution >= 0.6 is 11.6 Å². The molecular weight excluding hydrogens is 250 g/mol. The molecule has 0 saturated carbocycles. The number of hydrogen-bond acceptors (Lipinski definition) is 4. The van der Waals surface area contributed by atoms with Crippen LogP contribution in [-0.2, 0) is 6.42 Å². The third-order valence-corrected chi connectivity index (χ3v) is 2.67. The van der Waals surface area contributed by atoms with E-state index in [4.69, 9.17) is 22.4 Å². The molecule has 18 heavy (non-hydrogen) atoms. The van der Waals surface area contributed by atoms with Crippen LogP contribution in [0.4, 0.5) is 11.5 Å². The number of hydrogen-bond donors (Lipinski definition) is 3. The number of aromatic hydroxyl groups is 1. The van der Waals surface area contributed by atoms with Crippen LogP contribution in [0.15, 0.2) is 36.4 Å². The van der Waals surface area contributed by atoms with Crippen molar-refractivity contribution >= 4 is 23.1 Å². The van der Waals surface area contributed by atoms with Gasteiger partial charge in [0.15, 0.2) is 0 Å². The van der Waals surface area contributed by atoms with Gasteiger partial charge in [-0.25, -0.2) is 4.98 Å². The zero-order valence-electron chi connectivity index (χ0n) is 9.73. The molecule has 0 aliphatic rings. The summed E-state index contributed by atoms with van der Waals surface area (Å²) in [7, 11) is 0. The first-order chi connectivity index (χ1) is 8.63. The van der Waals surface area contributed by atoms with E-state index in [1.807, 2.05) is 12.1 Å². The summed E-state index contributed by atoms with van der Waals surface area (Å²) in [4.78, 5) is 4.11. The largest absolute Gasteiger partial charge is 0.508 e. The predicted octanol–water partition coefficient (Wildman–Crippen LogP) is 2.68. The monoisotopic (exact) mass is 263 g/mol. The van der Waals surface area contributed by atoms with Crippen LogP contribution in [0.25, 0.3) is 0 Å². The number of nitrogens with zero attached hydrogens (tertiary/aromatic N) is 1. The zero-order chi connectivity index (χ0) is 13.0. The second-order valence-corrected chi connectivity index (χ2v) is 4.34. The number of nitrogens with one attached hydrogen (secondary N) is 1. The molecule has 0 saturated heterocycles. The second kappa shape index (κ2) is 5.60. The molecular formula is C13H14ClN3O. The molecule has 5 heteroatoms. The van der Waals surface area contributed by atoms with Crippen LogP contribution in [0.5, 0.6) is 5.75 Å². The fourth-order valence-corrected chi connectivity index (χ4v) is 1.82. The molecule has 2 rings (SSSR count). The maximum absolute atomic E-state index is 9.17. The average Bonchev–Trinajstić information content (AvgIpc) is 2.30. The molecule has 0 atom stereocenters. The third-order valence-electron chi connectivity index (χ3n) is 2.47. The number of nitrogens with two attached hydrogens (primary N) is 1. The molecule has 0 spiro atoms. The average molecular weight is 264 g/mol. The lowest BCUT2D eigenvalue weighted by atomic mass is 10.1. The van der Waals surface area contributed by atoms with E-state index in [0.29, 0.717) is 16.7 Å². The first-order valence-electron chi connectivity index (χ1n) is 5.58. The highest BCUT2D eigenvalue weighted by atomic mass is 35.5. The lowest BCUT2D eigenvalue weighted by Crippen LogP contribution is -2.06. The molecule has 1 heterocycles.